The van der Waals surface area contributed by atoms with E-state index < -0.39 is 28.5 Å². The molecule has 0 aliphatic carbocycles. The second-order valence-electron chi connectivity index (χ2n) is 9.83. The van der Waals surface area contributed by atoms with Crippen molar-refractivity contribution in [3.05, 3.63) is 99.0 Å². The molecule has 0 bridgehead atoms. The lowest BCUT2D eigenvalue weighted by molar-refractivity contribution is -0.140. The van der Waals surface area contributed by atoms with Gasteiger partial charge in [0.1, 0.15) is 12.6 Å². The SMILES string of the molecule is CCCNC(=O)[C@@H](Cc1ccccc1)N(Cc1ccc(Cl)c(Cl)c1)C(=O)CN(c1cc(C)ccc1C)S(C)(=O)=O. The first-order chi connectivity index (χ1) is 18.9. The molecule has 40 heavy (non-hydrogen) atoms. The Bertz CT molecular complexity index is 1450. The van der Waals surface area contributed by atoms with Gasteiger partial charge in [0.2, 0.25) is 21.8 Å². The third kappa shape index (κ3) is 8.46. The number of amides is 2. The van der Waals surface area contributed by atoms with Crippen LogP contribution in [-0.2, 0) is 32.6 Å². The normalized spacial score (nSPS) is 12.1. The Hall–Kier alpha value is -3.07. The second-order valence-corrected chi connectivity index (χ2v) is 12.5. The standard InChI is InChI=1S/C30H35Cl2N3O4S/c1-5-15-33-30(37)28(18-23-9-7-6-8-10-23)34(19-24-13-14-25(31)26(32)17-24)29(36)20-35(40(4,38)39)27-16-21(2)11-12-22(27)3/h6-14,16-17,28H,5,15,18-20H2,1-4H3,(H,33,37)/t28-/m1/s1. The fourth-order valence-electron chi connectivity index (χ4n) is 4.34. The van der Waals surface area contributed by atoms with Crippen molar-refractivity contribution in [3.8, 4) is 0 Å². The first-order valence-electron chi connectivity index (χ1n) is 13.0. The van der Waals surface area contributed by atoms with E-state index in [0.29, 0.717) is 33.4 Å². The van der Waals surface area contributed by atoms with E-state index >= 15 is 0 Å². The molecular formula is C30H35Cl2N3O4S. The molecule has 0 aliphatic rings. The van der Waals surface area contributed by atoms with Gasteiger partial charge in [0.15, 0.2) is 0 Å². The van der Waals surface area contributed by atoms with Crippen molar-refractivity contribution in [2.45, 2.75) is 46.2 Å². The average Bonchev–Trinajstić information content (AvgIpc) is 2.91. The molecule has 0 spiro atoms. The minimum absolute atomic E-state index is 0.0250. The second kappa shape index (κ2) is 14.0. The zero-order chi connectivity index (χ0) is 29.4. The Morgan fingerprint density at radius 3 is 2.25 bits per heavy atom. The summed E-state index contributed by atoms with van der Waals surface area (Å²) in [5.74, 6) is -0.846. The number of rotatable bonds is 12. The molecule has 3 aromatic rings. The Kier molecular flexibility index (Phi) is 11.0. The highest BCUT2D eigenvalue weighted by atomic mass is 35.5. The smallest absolute Gasteiger partial charge is 0.244 e. The summed E-state index contributed by atoms with van der Waals surface area (Å²) >= 11 is 12.4. The lowest BCUT2D eigenvalue weighted by Crippen LogP contribution is -2.53. The van der Waals surface area contributed by atoms with E-state index in [4.69, 9.17) is 23.2 Å². The van der Waals surface area contributed by atoms with Crippen molar-refractivity contribution < 1.29 is 18.0 Å². The fourth-order valence-corrected chi connectivity index (χ4v) is 5.56. The van der Waals surface area contributed by atoms with Crippen LogP contribution in [0.25, 0.3) is 0 Å². The van der Waals surface area contributed by atoms with Gasteiger partial charge in [0, 0.05) is 19.5 Å². The van der Waals surface area contributed by atoms with Crippen LogP contribution >= 0.6 is 23.2 Å². The topological polar surface area (TPSA) is 86.8 Å². The molecule has 0 aliphatic heterocycles. The van der Waals surface area contributed by atoms with Gasteiger partial charge in [-0.15, -0.1) is 0 Å². The van der Waals surface area contributed by atoms with Crippen molar-refractivity contribution in [2.75, 3.05) is 23.7 Å². The van der Waals surface area contributed by atoms with Crippen LogP contribution in [-0.4, -0.2) is 50.5 Å². The minimum Gasteiger partial charge on any atom is -0.354 e. The van der Waals surface area contributed by atoms with Gasteiger partial charge in [0.05, 0.1) is 22.0 Å². The number of nitrogens with zero attached hydrogens (tertiary/aromatic N) is 2. The molecule has 3 rings (SSSR count). The Morgan fingerprint density at radius 2 is 1.62 bits per heavy atom. The Balaban J connectivity index is 2.09. The summed E-state index contributed by atoms with van der Waals surface area (Å²) in [4.78, 5) is 29.1. The number of hydrogen-bond donors (Lipinski definition) is 1. The van der Waals surface area contributed by atoms with E-state index in [-0.39, 0.29) is 18.9 Å². The van der Waals surface area contributed by atoms with Crippen molar-refractivity contribution in [1.29, 1.82) is 0 Å². The Morgan fingerprint density at radius 1 is 0.925 bits per heavy atom. The molecule has 0 saturated carbocycles. The van der Waals surface area contributed by atoms with E-state index in [0.717, 1.165) is 28.1 Å². The van der Waals surface area contributed by atoms with Gasteiger partial charge in [0.25, 0.3) is 0 Å². The number of benzene rings is 3. The van der Waals surface area contributed by atoms with Crippen molar-refractivity contribution in [2.24, 2.45) is 0 Å². The third-order valence-electron chi connectivity index (χ3n) is 6.47. The number of hydrogen-bond acceptors (Lipinski definition) is 4. The number of aryl methyl sites for hydroxylation is 2. The summed E-state index contributed by atoms with van der Waals surface area (Å²) in [7, 11) is -3.84. The molecule has 0 heterocycles. The van der Waals surface area contributed by atoms with Crippen LogP contribution in [0.1, 0.15) is 35.6 Å². The number of anilines is 1. The lowest BCUT2D eigenvalue weighted by atomic mass is 10.0. The van der Waals surface area contributed by atoms with Crippen LogP contribution < -0.4 is 9.62 Å². The van der Waals surface area contributed by atoms with Gasteiger partial charge in [-0.1, -0.05) is 78.7 Å². The summed E-state index contributed by atoms with van der Waals surface area (Å²) in [5.41, 5.74) is 3.50. The van der Waals surface area contributed by atoms with E-state index in [1.54, 1.807) is 31.2 Å². The van der Waals surface area contributed by atoms with Gasteiger partial charge < -0.3 is 10.2 Å². The molecule has 10 heteroatoms. The van der Waals surface area contributed by atoms with Crippen molar-refractivity contribution in [1.82, 2.24) is 10.2 Å². The number of halogens is 2. The number of carbonyl (C=O) groups is 2. The summed E-state index contributed by atoms with van der Waals surface area (Å²) in [6.07, 6.45) is 2.03. The molecular weight excluding hydrogens is 569 g/mol. The zero-order valence-electron chi connectivity index (χ0n) is 23.2. The quantitative estimate of drug-likeness (QED) is 0.294. The number of nitrogens with one attached hydrogen (secondary N) is 1. The van der Waals surface area contributed by atoms with Crippen LogP contribution in [0.2, 0.25) is 10.0 Å². The first kappa shape index (κ1) is 31.5. The number of carbonyl (C=O) groups excluding carboxylic acids is 2. The predicted molar refractivity (Wildman–Crippen MR) is 162 cm³/mol. The van der Waals surface area contributed by atoms with Crippen molar-refractivity contribution in [3.63, 3.8) is 0 Å². The largest absolute Gasteiger partial charge is 0.354 e. The van der Waals surface area contributed by atoms with Crippen molar-refractivity contribution >= 4 is 50.7 Å². The van der Waals surface area contributed by atoms with E-state index in [1.165, 1.54) is 4.90 Å². The average molecular weight is 605 g/mol. The molecule has 0 aromatic heterocycles. The van der Waals surface area contributed by atoms with Gasteiger partial charge >= 0.3 is 0 Å². The highest BCUT2D eigenvalue weighted by molar-refractivity contribution is 7.92. The summed E-state index contributed by atoms with van der Waals surface area (Å²) in [6, 6.07) is 18.9. The summed E-state index contributed by atoms with van der Waals surface area (Å²) < 4.78 is 27.0. The van der Waals surface area contributed by atoms with Gasteiger partial charge in [-0.2, -0.15) is 0 Å². The van der Waals surface area contributed by atoms with Crippen LogP contribution in [0, 0.1) is 13.8 Å². The molecule has 0 saturated heterocycles. The fraction of sp³-hybridized carbons (Fsp3) is 0.333. The monoisotopic (exact) mass is 603 g/mol. The Labute approximate surface area is 247 Å². The predicted octanol–water partition coefficient (Wildman–Crippen LogP) is 5.54. The van der Waals surface area contributed by atoms with Crippen LogP contribution in [0.15, 0.2) is 66.7 Å². The summed E-state index contributed by atoms with van der Waals surface area (Å²) in [6.45, 7) is 5.58. The van der Waals surface area contributed by atoms with Crippen LogP contribution in [0.3, 0.4) is 0 Å². The highest BCUT2D eigenvalue weighted by Crippen LogP contribution is 2.27. The maximum absolute atomic E-state index is 14.1. The van der Waals surface area contributed by atoms with E-state index in [1.807, 2.05) is 56.3 Å². The molecule has 7 nitrogen and oxygen atoms in total. The third-order valence-corrected chi connectivity index (χ3v) is 8.34. The summed E-state index contributed by atoms with van der Waals surface area (Å²) in [5, 5.41) is 3.59. The molecule has 0 radical (unpaired) electrons. The lowest BCUT2D eigenvalue weighted by Gasteiger charge is -2.34. The molecule has 0 unspecified atom stereocenters. The molecule has 3 aromatic carbocycles. The van der Waals surface area contributed by atoms with E-state index in [2.05, 4.69) is 5.32 Å². The first-order valence-corrected chi connectivity index (χ1v) is 15.6. The maximum Gasteiger partial charge on any atom is 0.244 e. The van der Waals surface area contributed by atoms with Gasteiger partial charge in [-0.05, 0) is 60.7 Å². The molecule has 1 atom stereocenters. The van der Waals surface area contributed by atoms with Crippen LogP contribution in [0.4, 0.5) is 5.69 Å². The van der Waals surface area contributed by atoms with Gasteiger partial charge in [-0.3, -0.25) is 13.9 Å². The maximum atomic E-state index is 14.1. The van der Waals surface area contributed by atoms with E-state index in [9.17, 15) is 18.0 Å². The van der Waals surface area contributed by atoms with Crippen LogP contribution in [0.5, 0.6) is 0 Å². The molecule has 0 fully saturated rings. The molecule has 2 amide bonds. The molecule has 1 N–H and O–H groups in total. The number of sulfonamides is 1. The van der Waals surface area contributed by atoms with Gasteiger partial charge in [-0.25, -0.2) is 8.42 Å². The highest BCUT2D eigenvalue weighted by Gasteiger charge is 2.33. The molecule has 214 valence electrons. The zero-order valence-corrected chi connectivity index (χ0v) is 25.5. The minimum atomic E-state index is -3.84.